The molecule has 7 nitrogen and oxygen atoms in total. The Morgan fingerprint density at radius 1 is 0.824 bits per heavy atom. The van der Waals surface area contributed by atoms with Crippen LogP contribution in [0, 0.1) is 0 Å². The van der Waals surface area contributed by atoms with Gasteiger partial charge in [-0.2, -0.15) is 0 Å². The summed E-state index contributed by atoms with van der Waals surface area (Å²) in [6.07, 6.45) is 1.02. The van der Waals surface area contributed by atoms with Gasteiger partial charge in [0.2, 0.25) is 0 Å². The largest absolute Gasteiger partial charge is 0.481 e. The third-order valence-corrected chi connectivity index (χ3v) is 1.50. The fourth-order valence-corrected chi connectivity index (χ4v) is 0.784. The van der Waals surface area contributed by atoms with Crippen molar-refractivity contribution < 1.29 is 34.8 Å². The SMILES string of the molecule is O=C(O)CCCCC(=O)O.OCCOCCO. The first-order valence-corrected chi connectivity index (χ1v) is 5.27. The molecule has 0 rings (SSSR count). The molecule has 0 saturated heterocycles. The molecule has 0 aromatic carbocycles. The van der Waals surface area contributed by atoms with Gasteiger partial charge in [-0.25, -0.2) is 0 Å². The van der Waals surface area contributed by atoms with Crippen LogP contribution in [0.25, 0.3) is 0 Å². The van der Waals surface area contributed by atoms with Crippen LogP contribution in [0.5, 0.6) is 0 Å². The molecule has 0 unspecified atom stereocenters. The summed E-state index contributed by atoms with van der Waals surface area (Å²) in [7, 11) is 0. The average Bonchev–Trinajstić information content (AvgIpc) is 2.26. The maximum atomic E-state index is 9.90. The smallest absolute Gasteiger partial charge is 0.303 e. The molecule has 0 spiro atoms. The monoisotopic (exact) mass is 252 g/mol. The van der Waals surface area contributed by atoms with Gasteiger partial charge in [-0.05, 0) is 12.8 Å². The Labute approximate surface area is 99.6 Å². The van der Waals surface area contributed by atoms with Crippen LogP contribution in [-0.4, -0.2) is 58.8 Å². The molecule has 102 valence electrons. The topological polar surface area (TPSA) is 124 Å². The fraction of sp³-hybridized carbons (Fsp3) is 0.800. The highest BCUT2D eigenvalue weighted by Crippen LogP contribution is 1.98. The van der Waals surface area contributed by atoms with E-state index < -0.39 is 11.9 Å². The summed E-state index contributed by atoms with van der Waals surface area (Å²) in [5.41, 5.74) is 0. The van der Waals surface area contributed by atoms with Gasteiger partial charge in [0.1, 0.15) is 0 Å². The Hall–Kier alpha value is -1.18. The zero-order valence-electron chi connectivity index (χ0n) is 9.67. The molecule has 4 N–H and O–H groups in total. The lowest BCUT2D eigenvalue weighted by molar-refractivity contribution is -0.139. The summed E-state index contributed by atoms with van der Waals surface area (Å²) >= 11 is 0. The number of aliphatic hydroxyl groups excluding tert-OH is 2. The van der Waals surface area contributed by atoms with Crippen LogP contribution >= 0.6 is 0 Å². The summed E-state index contributed by atoms with van der Waals surface area (Å²) in [5.74, 6) is -1.74. The number of carbonyl (C=O) groups is 2. The molecule has 0 aliphatic heterocycles. The lowest BCUT2D eigenvalue weighted by Crippen LogP contribution is -2.03. The van der Waals surface area contributed by atoms with Crippen molar-refractivity contribution in [3.05, 3.63) is 0 Å². The first-order chi connectivity index (χ1) is 8.04. The van der Waals surface area contributed by atoms with Crippen molar-refractivity contribution in [3.8, 4) is 0 Å². The number of aliphatic carboxylic acids is 2. The Bertz CT molecular complexity index is 173. The van der Waals surface area contributed by atoms with Crippen LogP contribution in [-0.2, 0) is 14.3 Å². The number of carboxylic acids is 2. The highest BCUT2D eigenvalue weighted by Gasteiger charge is 1.99. The summed E-state index contributed by atoms with van der Waals surface area (Å²) in [4.78, 5) is 19.8. The van der Waals surface area contributed by atoms with E-state index in [0.717, 1.165) is 0 Å². The molecule has 0 aliphatic rings. The molecule has 0 aromatic heterocycles. The van der Waals surface area contributed by atoms with E-state index in [1.54, 1.807) is 0 Å². The number of hydrogen-bond acceptors (Lipinski definition) is 5. The summed E-state index contributed by atoms with van der Waals surface area (Å²) < 4.78 is 4.63. The number of hydrogen-bond donors (Lipinski definition) is 4. The quantitative estimate of drug-likeness (QED) is 0.415. The second-order valence-electron chi connectivity index (χ2n) is 3.05. The van der Waals surface area contributed by atoms with Crippen molar-refractivity contribution in [1.82, 2.24) is 0 Å². The highest BCUT2D eigenvalue weighted by atomic mass is 16.5. The van der Waals surface area contributed by atoms with Crippen LogP contribution < -0.4 is 0 Å². The fourth-order valence-electron chi connectivity index (χ4n) is 0.784. The third-order valence-electron chi connectivity index (χ3n) is 1.50. The van der Waals surface area contributed by atoms with Crippen LogP contribution in [0.4, 0.5) is 0 Å². The molecule has 17 heavy (non-hydrogen) atoms. The summed E-state index contributed by atoms with van der Waals surface area (Å²) in [5, 5.41) is 32.4. The van der Waals surface area contributed by atoms with Gasteiger partial charge < -0.3 is 25.2 Å². The summed E-state index contributed by atoms with van der Waals surface area (Å²) in [6, 6.07) is 0. The van der Waals surface area contributed by atoms with E-state index >= 15 is 0 Å². The highest BCUT2D eigenvalue weighted by molar-refractivity contribution is 5.67. The maximum absolute atomic E-state index is 9.90. The van der Waals surface area contributed by atoms with Gasteiger partial charge in [-0.1, -0.05) is 0 Å². The number of unbranched alkanes of at least 4 members (excludes halogenated alkanes) is 1. The number of carboxylic acid groups (broad SMARTS) is 2. The molecule has 0 saturated carbocycles. The lowest BCUT2D eigenvalue weighted by atomic mass is 10.2. The van der Waals surface area contributed by atoms with E-state index in [0.29, 0.717) is 26.1 Å². The number of aliphatic hydroxyl groups is 2. The van der Waals surface area contributed by atoms with Gasteiger partial charge in [-0.3, -0.25) is 9.59 Å². The first kappa shape index (κ1) is 18.2. The van der Waals surface area contributed by atoms with Crippen LogP contribution in [0.3, 0.4) is 0 Å². The standard InChI is InChI=1S/C6H10O4.C4H10O3/c7-5(8)3-1-2-4-6(9)10;5-1-3-7-4-2-6/h1-4H2,(H,7,8)(H,9,10);5-6H,1-4H2. The van der Waals surface area contributed by atoms with Gasteiger partial charge in [0.15, 0.2) is 0 Å². The predicted octanol–water partition coefficient (Wildman–Crippen LogP) is -0.296. The van der Waals surface area contributed by atoms with Crippen molar-refractivity contribution in [1.29, 1.82) is 0 Å². The van der Waals surface area contributed by atoms with Crippen LogP contribution in [0.1, 0.15) is 25.7 Å². The molecule has 0 amide bonds. The van der Waals surface area contributed by atoms with Crippen molar-refractivity contribution >= 4 is 11.9 Å². The molecule has 0 atom stereocenters. The summed E-state index contributed by atoms with van der Waals surface area (Å²) in [6.45, 7) is 0.696. The second-order valence-corrected chi connectivity index (χ2v) is 3.05. The number of ether oxygens (including phenoxy) is 1. The van der Waals surface area contributed by atoms with Gasteiger partial charge >= 0.3 is 11.9 Å². The normalized spacial score (nSPS) is 9.29. The second kappa shape index (κ2) is 14.8. The van der Waals surface area contributed by atoms with E-state index in [-0.39, 0.29) is 26.1 Å². The van der Waals surface area contributed by atoms with Crippen molar-refractivity contribution in [2.45, 2.75) is 25.7 Å². The average molecular weight is 252 g/mol. The van der Waals surface area contributed by atoms with Crippen LogP contribution in [0.2, 0.25) is 0 Å². The minimum Gasteiger partial charge on any atom is -0.481 e. The Morgan fingerprint density at radius 2 is 1.18 bits per heavy atom. The molecule has 0 aromatic rings. The van der Waals surface area contributed by atoms with Crippen molar-refractivity contribution in [2.75, 3.05) is 26.4 Å². The molecule has 0 bridgehead atoms. The van der Waals surface area contributed by atoms with E-state index in [2.05, 4.69) is 4.74 Å². The van der Waals surface area contributed by atoms with Crippen molar-refractivity contribution in [2.24, 2.45) is 0 Å². The minimum atomic E-state index is -0.870. The predicted molar refractivity (Wildman–Crippen MR) is 58.7 cm³/mol. The molecular weight excluding hydrogens is 232 g/mol. The zero-order chi connectivity index (χ0) is 13.5. The molecule has 0 radical (unpaired) electrons. The zero-order valence-corrected chi connectivity index (χ0v) is 9.67. The maximum Gasteiger partial charge on any atom is 0.303 e. The van der Waals surface area contributed by atoms with Gasteiger partial charge in [0.25, 0.3) is 0 Å². The first-order valence-electron chi connectivity index (χ1n) is 5.27. The molecule has 0 fully saturated rings. The van der Waals surface area contributed by atoms with Crippen molar-refractivity contribution in [3.63, 3.8) is 0 Å². The number of rotatable bonds is 9. The Kier molecular flexibility index (Phi) is 15.9. The lowest BCUT2D eigenvalue weighted by Gasteiger charge is -1.94. The van der Waals surface area contributed by atoms with E-state index in [4.69, 9.17) is 20.4 Å². The minimum absolute atomic E-state index is 0.0278. The third kappa shape index (κ3) is 25.3. The van der Waals surface area contributed by atoms with E-state index in [1.807, 2.05) is 0 Å². The molecule has 7 heteroatoms. The van der Waals surface area contributed by atoms with E-state index in [9.17, 15) is 9.59 Å². The van der Waals surface area contributed by atoms with Gasteiger partial charge in [0, 0.05) is 12.8 Å². The van der Waals surface area contributed by atoms with Crippen LogP contribution in [0.15, 0.2) is 0 Å². The molecular formula is C10H20O7. The Balaban J connectivity index is 0. The van der Waals surface area contributed by atoms with Gasteiger partial charge in [0.05, 0.1) is 26.4 Å². The molecule has 0 heterocycles. The molecule has 0 aliphatic carbocycles. The van der Waals surface area contributed by atoms with Gasteiger partial charge in [-0.15, -0.1) is 0 Å². The van der Waals surface area contributed by atoms with E-state index in [1.165, 1.54) is 0 Å². The Morgan fingerprint density at radius 3 is 1.41 bits per heavy atom.